The van der Waals surface area contributed by atoms with E-state index in [1.165, 1.54) is 51.4 Å². The molecule has 2 heteroatoms. The van der Waals surface area contributed by atoms with Gasteiger partial charge in [0, 0.05) is 12.6 Å². The molecule has 0 spiro atoms. The van der Waals surface area contributed by atoms with Crippen LogP contribution in [0.2, 0.25) is 0 Å². The van der Waals surface area contributed by atoms with Crippen molar-refractivity contribution in [1.29, 1.82) is 0 Å². The second kappa shape index (κ2) is 6.19. The summed E-state index contributed by atoms with van der Waals surface area (Å²) in [4.78, 5) is 0. The van der Waals surface area contributed by atoms with Gasteiger partial charge in [0.2, 0.25) is 0 Å². The summed E-state index contributed by atoms with van der Waals surface area (Å²) < 4.78 is 0. The van der Waals surface area contributed by atoms with E-state index in [9.17, 15) is 5.11 Å². The van der Waals surface area contributed by atoms with Gasteiger partial charge in [-0.05, 0) is 31.6 Å². The van der Waals surface area contributed by atoms with E-state index in [0.717, 1.165) is 25.3 Å². The monoisotopic (exact) mass is 239 g/mol. The molecule has 2 aliphatic rings. The lowest BCUT2D eigenvalue weighted by molar-refractivity contribution is 0.00102. The topological polar surface area (TPSA) is 32.3 Å². The van der Waals surface area contributed by atoms with Crippen LogP contribution >= 0.6 is 0 Å². The van der Waals surface area contributed by atoms with E-state index in [-0.39, 0.29) is 0 Å². The normalized spacial score (nSPS) is 34.2. The molecule has 2 rings (SSSR count). The summed E-state index contributed by atoms with van der Waals surface area (Å²) in [5, 5.41) is 14.2. The quantitative estimate of drug-likeness (QED) is 0.741. The third kappa shape index (κ3) is 3.96. The van der Waals surface area contributed by atoms with Crippen molar-refractivity contribution < 1.29 is 5.11 Å². The smallest absolute Gasteiger partial charge is 0.0771 e. The molecular formula is C15H29NO. The largest absolute Gasteiger partial charge is 0.389 e. The van der Waals surface area contributed by atoms with Gasteiger partial charge >= 0.3 is 0 Å². The average Bonchev–Trinajstić information content (AvgIpc) is 2.53. The fourth-order valence-electron chi connectivity index (χ4n) is 3.50. The Balaban J connectivity index is 1.79. The van der Waals surface area contributed by atoms with Crippen molar-refractivity contribution in [2.45, 2.75) is 82.8 Å². The summed E-state index contributed by atoms with van der Waals surface area (Å²) >= 11 is 0. The summed E-state index contributed by atoms with van der Waals surface area (Å²) in [6, 6.07) is 0.642. The second-order valence-corrected chi connectivity index (χ2v) is 6.39. The van der Waals surface area contributed by atoms with Crippen LogP contribution in [0.1, 0.15) is 71.1 Å². The van der Waals surface area contributed by atoms with Crippen molar-refractivity contribution in [2.75, 3.05) is 6.54 Å². The Kier molecular flexibility index (Phi) is 4.87. The Bertz CT molecular complexity index is 223. The minimum Gasteiger partial charge on any atom is -0.389 e. The van der Waals surface area contributed by atoms with E-state index < -0.39 is 5.60 Å². The van der Waals surface area contributed by atoms with Gasteiger partial charge < -0.3 is 10.4 Å². The maximum atomic E-state index is 10.5. The van der Waals surface area contributed by atoms with Crippen molar-refractivity contribution in [3.8, 4) is 0 Å². The van der Waals surface area contributed by atoms with E-state index in [4.69, 9.17) is 0 Å². The van der Waals surface area contributed by atoms with Gasteiger partial charge in [-0.15, -0.1) is 0 Å². The van der Waals surface area contributed by atoms with Crippen LogP contribution in [0.5, 0.6) is 0 Å². The number of nitrogens with one attached hydrogen (secondary N) is 1. The van der Waals surface area contributed by atoms with Crippen molar-refractivity contribution >= 4 is 0 Å². The molecule has 2 fully saturated rings. The molecule has 0 saturated heterocycles. The van der Waals surface area contributed by atoms with Gasteiger partial charge in [-0.1, -0.05) is 45.4 Å². The van der Waals surface area contributed by atoms with Crippen LogP contribution in [0.3, 0.4) is 0 Å². The van der Waals surface area contributed by atoms with Crippen molar-refractivity contribution in [2.24, 2.45) is 5.92 Å². The first-order valence-corrected chi connectivity index (χ1v) is 7.65. The zero-order valence-corrected chi connectivity index (χ0v) is 11.4. The van der Waals surface area contributed by atoms with Crippen LogP contribution in [0.4, 0.5) is 0 Å². The van der Waals surface area contributed by atoms with Crippen LogP contribution in [0.25, 0.3) is 0 Å². The molecule has 0 radical (unpaired) electrons. The number of aliphatic hydroxyl groups is 1. The van der Waals surface area contributed by atoms with Crippen molar-refractivity contribution in [3.05, 3.63) is 0 Å². The minimum absolute atomic E-state index is 0.399. The molecule has 0 aliphatic heterocycles. The summed E-state index contributed by atoms with van der Waals surface area (Å²) in [7, 11) is 0. The highest BCUT2D eigenvalue weighted by atomic mass is 16.3. The maximum absolute atomic E-state index is 10.5. The highest BCUT2D eigenvalue weighted by Gasteiger charge is 2.30. The van der Waals surface area contributed by atoms with Crippen LogP contribution in [-0.4, -0.2) is 23.3 Å². The SMILES string of the molecule is CC1CCCCCC1NCC1(O)CCCCC1. The van der Waals surface area contributed by atoms with Gasteiger partial charge in [-0.2, -0.15) is 0 Å². The summed E-state index contributed by atoms with van der Waals surface area (Å²) in [5.41, 5.74) is -0.399. The van der Waals surface area contributed by atoms with Gasteiger partial charge in [0.1, 0.15) is 0 Å². The van der Waals surface area contributed by atoms with E-state index in [1.54, 1.807) is 0 Å². The number of hydrogen-bond acceptors (Lipinski definition) is 2. The zero-order chi connectivity index (χ0) is 12.1. The van der Waals surface area contributed by atoms with Crippen LogP contribution in [0.15, 0.2) is 0 Å². The molecule has 2 nitrogen and oxygen atoms in total. The van der Waals surface area contributed by atoms with Gasteiger partial charge in [0.05, 0.1) is 5.60 Å². The first-order chi connectivity index (χ1) is 8.20. The Labute approximate surface area is 106 Å². The Morgan fingerprint density at radius 1 is 1.00 bits per heavy atom. The van der Waals surface area contributed by atoms with Crippen molar-refractivity contribution in [1.82, 2.24) is 5.32 Å². The third-order valence-electron chi connectivity index (χ3n) is 4.84. The molecule has 0 heterocycles. The second-order valence-electron chi connectivity index (χ2n) is 6.39. The molecule has 0 aromatic carbocycles. The van der Waals surface area contributed by atoms with Crippen LogP contribution in [-0.2, 0) is 0 Å². The molecular weight excluding hydrogens is 210 g/mol. The molecule has 2 aliphatic carbocycles. The Morgan fingerprint density at radius 2 is 1.65 bits per heavy atom. The number of hydrogen-bond donors (Lipinski definition) is 2. The lowest BCUT2D eigenvalue weighted by atomic mass is 9.84. The Hall–Kier alpha value is -0.0800. The van der Waals surface area contributed by atoms with Gasteiger partial charge in [-0.25, -0.2) is 0 Å². The summed E-state index contributed by atoms with van der Waals surface area (Å²) in [6.45, 7) is 3.19. The molecule has 0 aromatic heterocycles. The molecule has 17 heavy (non-hydrogen) atoms. The van der Waals surface area contributed by atoms with Crippen LogP contribution in [0, 0.1) is 5.92 Å². The number of rotatable bonds is 3. The molecule has 100 valence electrons. The molecule has 2 unspecified atom stereocenters. The van der Waals surface area contributed by atoms with E-state index in [1.807, 2.05) is 0 Å². The fourth-order valence-corrected chi connectivity index (χ4v) is 3.50. The van der Waals surface area contributed by atoms with E-state index in [2.05, 4.69) is 12.2 Å². The lowest BCUT2D eigenvalue weighted by Gasteiger charge is -2.35. The average molecular weight is 239 g/mol. The highest BCUT2D eigenvalue weighted by molar-refractivity contribution is 4.87. The molecule has 0 amide bonds. The Morgan fingerprint density at radius 3 is 2.41 bits per heavy atom. The molecule has 2 saturated carbocycles. The maximum Gasteiger partial charge on any atom is 0.0771 e. The third-order valence-corrected chi connectivity index (χ3v) is 4.84. The van der Waals surface area contributed by atoms with E-state index >= 15 is 0 Å². The standard InChI is InChI=1S/C15H29NO/c1-13-8-4-2-5-9-14(13)16-12-15(17)10-6-3-7-11-15/h13-14,16-17H,2-12H2,1H3. The van der Waals surface area contributed by atoms with Gasteiger partial charge in [0.25, 0.3) is 0 Å². The lowest BCUT2D eigenvalue weighted by Crippen LogP contribution is -2.47. The molecule has 0 aromatic rings. The predicted octanol–water partition coefficient (Wildman–Crippen LogP) is 3.24. The predicted molar refractivity (Wildman–Crippen MR) is 72.1 cm³/mol. The molecule has 2 N–H and O–H groups in total. The highest BCUT2D eigenvalue weighted by Crippen LogP contribution is 2.29. The summed E-state index contributed by atoms with van der Waals surface area (Å²) in [5.74, 6) is 0.782. The van der Waals surface area contributed by atoms with Gasteiger partial charge in [-0.3, -0.25) is 0 Å². The fraction of sp³-hybridized carbons (Fsp3) is 1.00. The van der Waals surface area contributed by atoms with Crippen molar-refractivity contribution in [3.63, 3.8) is 0 Å². The first-order valence-electron chi connectivity index (χ1n) is 7.65. The summed E-state index contributed by atoms with van der Waals surface area (Å²) in [6.07, 6.45) is 12.5. The molecule has 0 bridgehead atoms. The minimum atomic E-state index is -0.399. The van der Waals surface area contributed by atoms with E-state index in [0.29, 0.717) is 6.04 Å². The van der Waals surface area contributed by atoms with Gasteiger partial charge in [0.15, 0.2) is 0 Å². The zero-order valence-electron chi connectivity index (χ0n) is 11.4. The van der Waals surface area contributed by atoms with Crippen LogP contribution < -0.4 is 5.32 Å². The first kappa shape index (κ1) is 13.4. The molecule has 2 atom stereocenters.